The van der Waals surface area contributed by atoms with Crippen molar-refractivity contribution in [3.05, 3.63) is 61.2 Å². The Morgan fingerprint density at radius 3 is 2.38 bits per heavy atom. The van der Waals surface area contributed by atoms with E-state index in [1.54, 1.807) is 38.6 Å². The summed E-state index contributed by atoms with van der Waals surface area (Å²) in [5.74, 6) is -1.54. The first-order chi connectivity index (χ1) is 18.6. The van der Waals surface area contributed by atoms with E-state index in [2.05, 4.69) is 20.1 Å². The van der Waals surface area contributed by atoms with Crippen LogP contribution in [0.5, 0.6) is 0 Å². The molecule has 3 heterocycles. The van der Waals surface area contributed by atoms with Gasteiger partial charge in [0.1, 0.15) is 6.04 Å². The standard InChI is InChI=1S/C31H43N3O4S/c1-7-17-32(19-22-13-11-10-12-14-22)27(36)24-25-28(37)34(23(9-3)20-35)26(29(38)33(18-8-2)21(4)5)31(25)16-15-30(24,6)39-31/h7-8,10-14,21,23-26,35H,1-2,9,15-20H2,3-6H3/t23-,24-,25-,26?,30+,31?/m0/s1. The van der Waals surface area contributed by atoms with Crippen LogP contribution in [-0.2, 0) is 20.9 Å². The third-order valence-corrected chi connectivity index (χ3v) is 10.9. The number of benzene rings is 1. The highest BCUT2D eigenvalue weighted by molar-refractivity contribution is 8.02. The lowest BCUT2D eigenvalue weighted by Crippen LogP contribution is -2.58. The minimum Gasteiger partial charge on any atom is -0.394 e. The fourth-order valence-electron chi connectivity index (χ4n) is 7.07. The molecule has 0 aromatic heterocycles. The summed E-state index contributed by atoms with van der Waals surface area (Å²) >= 11 is 1.67. The van der Waals surface area contributed by atoms with Gasteiger partial charge in [0.25, 0.3) is 0 Å². The van der Waals surface area contributed by atoms with Crippen LogP contribution in [0.2, 0.25) is 0 Å². The Morgan fingerprint density at radius 2 is 1.82 bits per heavy atom. The van der Waals surface area contributed by atoms with Crippen LogP contribution in [0.4, 0.5) is 0 Å². The number of fused-ring (bicyclic) bond motifs is 1. The predicted octanol–water partition coefficient (Wildman–Crippen LogP) is 3.88. The van der Waals surface area contributed by atoms with Crippen LogP contribution in [0, 0.1) is 11.8 Å². The molecule has 1 aromatic carbocycles. The molecule has 6 atom stereocenters. The monoisotopic (exact) mass is 553 g/mol. The molecule has 3 saturated heterocycles. The number of amides is 3. The van der Waals surface area contributed by atoms with E-state index >= 15 is 0 Å². The van der Waals surface area contributed by atoms with Gasteiger partial charge in [0.05, 0.1) is 29.2 Å². The van der Waals surface area contributed by atoms with Crippen LogP contribution in [0.1, 0.15) is 52.5 Å². The molecule has 2 unspecified atom stereocenters. The minimum absolute atomic E-state index is 0.0643. The highest BCUT2D eigenvalue weighted by Crippen LogP contribution is 2.72. The Bertz CT molecular complexity index is 1110. The van der Waals surface area contributed by atoms with E-state index < -0.39 is 33.4 Å². The quantitative estimate of drug-likeness (QED) is 0.398. The van der Waals surface area contributed by atoms with E-state index in [1.807, 2.05) is 51.1 Å². The number of likely N-dealkylation sites (tertiary alicyclic amines) is 1. The predicted molar refractivity (Wildman–Crippen MR) is 156 cm³/mol. The average Bonchev–Trinajstić information content (AvgIpc) is 3.48. The average molecular weight is 554 g/mol. The molecule has 1 N–H and O–H groups in total. The number of aliphatic hydroxyl groups excluding tert-OH is 1. The van der Waals surface area contributed by atoms with Crippen LogP contribution < -0.4 is 0 Å². The van der Waals surface area contributed by atoms with Crippen molar-refractivity contribution in [1.82, 2.24) is 14.7 Å². The summed E-state index contributed by atoms with van der Waals surface area (Å²) in [6, 6.07) is 8.53. The first-order valence-electron chi connectivity index (χ1n) is 14.1. The number of nitrogens with zero attached hydrogens (tertiary/aromatic N) is 3. The summed E-state index contributed by atoms with van der Waals surface area (Å²) < 4.78 is -1.17. The third kappa shape index (κ3) is 4.84. The molecule has 39 heavy (non-hydrogen) atoms. The number of carbonyl (C=O) groups excluding carboxylic acids is 3. The van der Waals surface area contributed by atoms with Gasteiger partial charge in [-0.05, 0) is 45.6 Å². The zero-order valence-corrected chi connectivity index (χ0v) is 24.5. The van der Waals surface area contributed by atoms with Crippen molar-refractivity contribution >= 4 is 29.5 Å². The van der Waals surface area contributed by atoms with Crippen molar-refractivity contribution in [1.29, 1.82) is 0 Å². The molecular formula is C31H43N3O4S. The third-order valence-electron chi connectivity index (χ3n) is 8.90. The van der Waals surface area contributed by atoms with Gasteiger partial charge in [0.2, 0.25) is 17.7 Å². The molecule has 212 valence electrons. The van der Waals surface area contributed by atoms with Gasteiger partial charge in [-0.25, -0.2) is 0 Å². The van der Waals surface area contributed by atoms with Crippen LogP contribution in [0.3, 0.4) is 0 Å². The molecule has 1 aromatic rings. The van der Waals surface area contributed by atoms with Crippen molar-refractivity contribution in [2.75, 3.05) is 19.7 Å². The molecule has 4 rings (SSSR count). The first-order valence-corrected chi connectivity index (χ1v) is 14.9. The van der Waals surface area contributed by atoms with Crippen LogP contribution in [0.25, 0.3) is 0 Å². The van der Waals surface area contributed by atoms with Gasteiger partial charge in [-0.1, -0.05) is 49.4 Å². The molecule has 0 aliphatic carbocycles. The van der Waals surface area contributed by atoms with E-state index in [9.17, 15) is 19.5 Å². The second-order valence-corrected chi connectivity index (χ2v) is 13.5. The van der Waals surface area contributed by atoms with E-state index in [0.717, 1.165) is 12.0 Å². The largest absolute Gasteiger partial charge is 0.394 e. The second kappa shape index (κ2) is 11.5. The summed E-state index contributed by atoms with van der Waals surface area (Å²) in [5, 5.41) is 10.3. The Hall–Kier alpha value is -2.58. The number of carbonyl (C=O) groups is 3. The normalized spacial score (nSPS) is 29.8. The Labute approximate surface area is 237 Å². The van der Waals surface area contributed by atoms with Crippen LogP contribution in [0.15, 0.2) is 55.6 Å². The SMILES string of the molecule is C=CCN(Cc1ccccc1)C(=O)[C@@H]1[C@H]2C(=O)N([C@@H](CC)CO)C(C(=O)N(CC=C)C(C)C)C23CC[C@@]1(C)S3. The molecule has 8 heteroatoms. The van der Waals surface area contributed by atoms with Gasteiger partial charge in [-0.15, -0.1) is 24.9 Å². The zero-order chi connectivity index (χ0) is 28.5. The highest BCUT2D eigenvalue weighted by atomic mass is 32.2. The molecule has 1 spiro atoms. The molecule has 0 radical (unpaired) electrons. The van der Waals surface area contributed by atoms with E-state index in [-0.39, 0.29) is 30.4 Å². The van der Waals surface area contributed by atoms with E-state index in [4.69, 9.17) is 0 Å². The fourth-order valence-corrected chi connectivity index (χ4v) is 9.40. The lowest BCUT2D eigenvalue weighted by molar-refractivity contribution is -0.148. The summed E-state index contributed by atoms with van der Waals surface area (Å²) in [7, 11) is 0. The van der Waals surface area contributed by atoms with Gasteiger partial charge >= 0.3 is 0 Å². The fraction of sp³-hybridized carbons (Fsp3) is 0.581. The summed E-state index contributed by atoms with van der Waals surface area (Å²) in [6.07, 6.45) is 5.39. The molecule has 3 fully saturated rings. The summed E-state index contributed by atoms with van der Waals surface area (Å²) in [6.45, 7) is 16.6. The number of hydrogen-bond acceptors (Lipinski definition) is 5. The number of hydrogen-bond donors (Lipinski definition) is 1. The van der Waals surface area contributed by atoms with Crippen LogP contribution >= 0.6 is 11.8 Å². The number of rotatable bonds is 12. The Kier molecular flexibility index (Phi) is 8.67. The van der Waals surface area contributed by atoms with Crippen molar-refractivity contribution < 1.29 is 19.5 Å². The number of thioether (sulfide) groups is 1. The molecule has 3 aliphatic rings. The molecular weight excluding hydrogens is 510 g/mol. The van der Waals surface area contributed by atoms with Gasteiger partial charge in [-0.2, -0.15) is 0 Å². The number of aliphatic hydroxyl groups is 1. The lowest BCUT2D eigenvalue weighted by Gasteiger charge is -2.40. The highest BCUT2D eigenvalue weighted by Gasteiger charge is 2.78. The maximum Gasteiger partial charge on any atom is 0.247 e. The van der Waals surface area contributed by atoms with Gasteiger partial charge < -0.3 is 19.8 Å². The summed E-state index contributed by atoms with van der Waals surface area (Å²) in [5.41, 5.74) is 1.01. The minimum atomic E-state index is -0.735. The zero-order valence-electron chi connectivity index (χ0n) is 23.7. The van der Waals surface area contributed by atoms with Crippen molar-refractivity contribution in [2.24, 2.45) is 11.8 Å². The molecule has 3 aliphatic heterocycles. The van der Waals surface area contributed by atoms with Gasteiger partial charge in [0, 0.05) is 30.4 Å². The molecule has 3 amide bonds. The second-order valence-electron chi connectivity index (χ2n) is 11.6. The smallest absolute Gasteiger partial charge is 0.247 e. The lowest BCUT2D eigenvalue weighted by atomic mass is 9.66. The topological polar surface area (TPSA) is 81.2 Å². The van der Waals surface area contributed by atoms with E-state index in [1.165, 1.54) is 0 Å². The van der Waals surface area contributed by atoms with Crippen molar-refractivity contribution in [3.63, 3.8) is 0 Å². The first kappa shape index (κ1) is 29.4. The van der Waals surface area contributed by atoms with E-state index in [0.29, 0.717) is 32.5 Å². The molecule has 0 saturated carbocycles. The Balaban J connectivity index is 1.79. The van der Waals surface area contributed by atoms with Crippen LogP contribution in [-0.4, -0.2) is 84.8 Å². The van der Waals surface area contributed by atoms with Gasteiger partial charge in [-0.3, -0.25) is 14.4 Å². The van der Waals surface area contributed by atoms with Crippen molar-refractivity contribution in [3.8, 4) is 0 Å². The van der Waals surface area contributed by atoms with Gasteiger partial charge in [0.15, 0.2) is 0 Å². The van der Waals surface area contributed by atoms with Crippen molar-refractivity contribution in [2.45, 2.75) is 81.1 Å². The summed E-state index contributed by atoms with van der Waals surface area (Å²) in [4.78, 5) is 48.4. The maximum atomic E-state index is 14.4. The Morgan fingerprint density at radius 1 is 1.15 bits per heavy atom. The molecule has 2 bridgehead atoms. The maximum absolute atomic E-state index is 14.4. The molecule has 7 nitrogen and oxygen atoms in total.